The van der Waals surface area contributed by atoms with E-state index in [-0.39, 0.29) is 129 Å². The van der Waals surface area contributed by atoms with Gasteiger partial charge in [0.2, 0.25) is 0 Å². The Bertz CT molecular complexity index is 6650. The minimum atomic E-state index is -3.03. The van der Waals surface area contributed by atoms with Crippen molar-refractivity contribution in [2.45, 2.75) is 6.85 Å². The quantitative estimate of drug-likeness (QED) is 0.142. The summed E-state index contributed by atoms with van der Waals surface area (Å²) in [5, 5.41) is -0.253. The normalized spacial score (nSPS) is 16.3. The molecule has 0 radical (unpaired) electrons. The second-order valence-corrected chi connectivity index (χ2v) is 23.4. The Balaban J connectivity index is 1.07. The van der Waals surface area contributed by atoms with Gasteiger partial charge in [-0.1, -0.05) is 248 Å². The zero-order chi connectivity index (χ0) is 77.6. The number of nitrogens with zero attached hydrogens (tertiary/aromatic N) is 3. The zero-order valence-corrected chi connectivity index (χ0v) is 48.4. The third-order valence-electron chi connectivity index (χ3n) is 18.5. The smallest absolute Gasteiger partial charge is 0.266 e. The van der Waals surface area contributed by atoms with E-state index < -0.39 is 122 Å². The fourth-order valence-corrected chi connectivity index (χ4v) is 14.8. The molecule has 14 aromatic carbocycles. The third kappa shape index (κ3) is 7.27. The number of anilines is 6. The summed E-state index contributed by atoms with van der Waals surface area (Å²) in [6.07, 6.45) is 0. The zero-order valence-electron chi connectivity index (χ0n) is 68.4. The number of fused-ring (bicyclic) bond motifs is 9. The van der Waals surface area contributed by atoms with Crippen LogP contribution in [-0.2, 0) is 0 Å². The molecule has 0 spiro atoms. The van der Waals surface area contributed by atoms with Crippen LogP contribution < -0.4 is 52.1 Å². The molecule has 5 nitrogen and oxygen atoms in total. The van der Waals surface area contributed by atoms with Gasteiger partial charge in [0, 0.05) is 71.0 Å². The molecule has 0 N–H and O–H groups in total. The summed E-state index contributed by atoms with van der Waals surface area (Å²) < 4.78 is 217. The molecule has 0 amide bonds. The van der Waals surface area contributed by atoms with Gasteiger partial charge in [0.05, 0.1) is 45.7 Å². The van der Waals surface area contributed by atoms with Gasteiger partial charge in [0.15, 0.2) is 0 Å². The molecule has 7 heteroatoms. The van der Waals surface area contributed by atoms with Crippen LogP contribution in [0.25, 0.3) is 94.3 Å². The van der Waals surface area contributed by atoms with Crippen LogP contribution in [0.15, 0.2) is 303 Å². The van der Waals surface area contributed by atoms with Crippen molar-refractivity contribution in [3.8, 4) is 95.4 Å². The molecule has 6 heterocycles. The second kappa shape index (κ2) is 19.6. The van der Waals surface area contributed by atoms with E-state index >= 15 is 0 Å². The molecule has 5 aliphatic heterocycles. The van der Waals surface area contributed by atoms with E-state index in [9.17, 15) is 23.3 Å². The number of hydrogen-bond acceptors (Lipinski definition) is 4. The molecule has 0 fully saturated rings. The highest BCUT2D eigenvalue weighted by Crippen LogP contribution is 2.55. The molecule has 92 heavy (non-hydrogen) atoms. The van der Waals surface area contributed by atoms with E-state index in [0.717, 1.165) is 0 Å². The summed E-state index contributed by atoms with van der Waals surface area (Å²) in [6.45, 7) is -6.02. The van der Waals surface area contributed by atoms with Crippen LogP contribution in [0.4, 0.5) is 34.1 Å². The average molecular weight is 1190 g/mol. The fourth-order valence-electron chi connectivity index (χ4n) is 14.8. The van der Waals surface area contributed by atoms with Gasteiger partial charge in [-0.3, -0.25) is 0 Å². The van der Waals surface area contributed by atoms with E-state index in [4.69, 9.17) is 13.6 Å². The van der Waals surface area contributed by atoms with Gasteiger partial charge in [-0.15, -0.1) is 0 Å². The number of ether oxygens (including phenoxy) is 2. The van der Waals surface area contributed by atoms with Crippen LogP contribution in [0.2, 0.25) is 0 Å². The predicted octanol–water partition coefficient (Wildman–Crippen LogP) is 18.2. The summed E-state index contributed by atoms with van der Waals surface area (Å²) in [5.41, 5.74) is 4.49. The highest BCUT2D eigenvalue weighted by atomic mass is 16.5. The van der Waals surface area contributed by atoms with Crippen molar-refractivity contribution in [1.82, 2.24) is 4.57 Å². The van der Waals surface area contributed by atoms with Crippen LogP contribution in [0.5, 0.6) is 23.0 Å². The Kier molecular flexibility index (Phi) is 7.55. The summed E-state index contributed by atoms with van der Waals surface area (Å²) >= 11 is 0. The average Bonchev–Trinajstić information content (AvgIpc) is 1.25. The van der Waals surface area contributed by atoms with Gasteiger partial charge in [0.25, 0.3) is 13.4 Å². The minimum absolute atomic E-state index is 0.0292. The van der Waals surface area contributed by atoms with E-state index in [1.165, 1.54) is 16.7 Å². The maximum absolute atomic E-state index is 12.0. The van der Waals surface area contributed by atoms with Crippen molar-refractivity contribution >= 4 is 102 Å². The minimum Gasteiger partial charge on any atom is -0.459 e. The van der Waals surface area contributed by atoms with Crippen molar-refractivity contribution in [2.75, 3.05) is 9.80 Å². The molecule has 20 rings (SSSR count). The lowest BCUT2D eigenvalue weighted by Crippen LogP contribution is -2.66. The number of aromatic nitrogens is 1. The first kappa shape index (κ1) is 35.4. The topological polar surface area (TPSA) is 29.9 Å². The first-order valence-electron chi connectivity index (χ1n) is 40.3. The number of aryl methyl sites for hydroxylation is 1. The Morgan fingerprint density at radius 1 is 0.348 bits per heavy atom. The Labute approximate surface area is 562 Å². The molecule has 0 saturated carbocycles. The number of benzene rings is 14. The Hall–Kier alpha value is -11.8. The monoisotopic (exact) mass is 1190 g/mol. The highest BCUT2D eigenvalue weighted by Gasteiger charge is 2.53. The maximum Gasteiger partial charge on any atom is 0.266 e. The molecule has 0 atom stereocenters. The lowest BCUT2D eigenvalue weighted by molar-refractivity contribution is 0.466. The number of rotatable bonds is 8. The van der Waals surface area contributed by atoms with Gasteiger partial charge in [-0.2, -0.15) is 0 Å². The molecular formula is C85H53B2N3O2. The molecule has 0 unspecified atom stereocenters. The predicted molar refractivity (Wildman–Crippen MR) is 383 cm³/mol. The first-order chi connectivity index (χ1) is 53.9. The molecule has 15 aromatic rings. The van der Waals surface area contributed by atoms with Crippen molar-refractivity contribution in [1.29, 1.82) is 0 Å². The Morgan fingerprint density at radius 3 is 1.47 bits per heavy atom. The van der Waals surface area contributed by atoms with Crippen molar-refractivity contribution in [3.05, 3.63) is 308 Å². The molecule has 0 bridgehead atoms. The van der Waals surface area contributed by atoms with Crippen LogP contribution in [-0.4, -0.2) is 18.0 Å². The van der Waals surface area contributed by atoms with Gasteiger partial charge >= 0.3 is 0 Å². The van der Waals surface area contributed by atoms with Gasteiger partial charge in [-0.25, -0.2) is 0 Å². The van der Waals surface area contributed by atoms with E-state index in [2.05, 4.69) is 0 Å². The largest absolute Gasteiger partial charge is 0.459 e. The molecule has 0 saturated heterocycles. The highest BCUT2D eigenvalue weighted by molar-refractivity contribution is 7.04. The lowest BCUT2D eigenvalue weighted by Gasteiger charge is -2.47. The van der Waals surface area contributed by atoms with Gasteiger partial charge < -0.3 is 23.8 Å². The van der Waals surface area contributed by atoms with Gasteiger partial charge in [-0.05, 0) is 139 Å². The first-order valence-corrected chi connectivity index (χ1v) is 30.3. The Morgan fingerprint density at radius 2 is 0.880 bits per heavy atom. The second-order valence-electron chi connectivity index (χ2n) is 23.4. The van der Waals surface area contributed by atoms with Crippen LogP contribution in [0.1, 0.15) is 33.0 Å². The van der Waals surface area contributed by atoms with Crippen LogP contribution in [0, 0.1) is 6.85 Å². The standard InChI is InChI=1S/C85H53B2N3O2/c1-52-46-70-77-71(47-52)90(83-63(57-32-16-6-17-33-57)39-23-40-64(83)58-34-18-7-19-35-58)72-51-73-79-85(92-76-50-60(54-26-10-3-11-27-54)49-75-80(76)87(79)81-74(91-75)45-43-66-65-36-20-21-41-68(65)88(73)84(66)81)78(72)86(77)67-44-42-59(53-24-8-2-9-25-53)48-69(67)89(70)82-61(55-28-12-4-13-29-55)37-22-38-62(82)56-30-14-5-15-31-56/h2-51H,1H3/i1D3,2D,8D,9D,20D,21D,24D,25D,36D,41D,42D,43D,44D,45D,48D,49D,50D,51D. The summed E-state index contributed by atoms with van der Waals surface area (Å²) in [7, 11) is 0. The fraction of sp³-hybridized carbons (Fsp3) is 0.0118. The van der Waals surface area contributed by atoms with Crippen LogP contribution >= 0.6 is 0 Å². The van der Waals surface area contributed by atoms with Crippen LogP contribution in [0.3, 0.4) is 0 Å². The maximum atomic E-state index is 12.0. The van der Waals surface area contributed by atoms with Crippen molar-refractivity contribution in [2.24, 2.45) is 0 Å². The molecular weight excluding hydrogens is 1120 g/mol. The van der Waals surface area contributed by atoms with Crippen molar-refractivity contribution < 1.29 is 36.9 Å². The summed E-state index contributed by atoms with van der Waals surface area (Å²) in [4.78, 5) is 3.51. The van der Waals surface area contributed by atoms with E-state index in [1.54, 1.807) is 35.2 Å². The molecule has 0 aliphatic carbocycles. The molecule has 426 valence electrons. The third-order valence-corrected chi connectivity index (χ3v) is 18.5. The SMILES string of the molecule is [2H]c1c([2H])c([2H])c(-c2c([2H])c([2H])c3c(c2[2H])N(c2c(-c4ccccc4)cccc2-c2ccccc2)c2cc(C([2H])([2H])[2H])cc4c2B3c2c3c5c(c([2H])c2N4c2c(-c4ccccc4)cccc2-c2ccccc2)-n2c4c([2H])c([2H])c([2H])c([2H])c4c4c([2H])c([2H])c6c(c42)B5c2c(c([2H])c(-c4ccccc4)c([2H])c2O6)O3)c([2H])c1[2H]. The van der Waals surface area contributed by atoms with Gasteiger partial charge in [0.1, 0.15) is 23.0 Å². The molecule has 5 aliphatic rings. The summed E-state index contributed by atoms with van der Waals surface area (Å²) in [5.74, 6) is -0.674. The van der Waals surface area contributed by atoms with Crippen molar-refractivity contribution in [3.63, 3.8) is 0 Å². The summed E-state index contributed by atoms with van der Waals surface area (Å²) in [6, 6.07) is 50.2. The van der Waals surface area contributed by atoms with E-state index in [0.29, 0.717) is 61.4 Å². The number of para-hydroxylation sites is 3. The lowest BCUT2D eigenvalue weighted by atomic mass is 9.29. The number of hydrogen-bond donors (Lipinski definition) is 0. The van der Waals surface area contributed by atoms with E-state index in [1.807, 2.05) is 163 Å². The molecule has 1 aromatic heterocycles.